The van der Waals surface area contributed by atoms with E-state index in [-0.39, 0.29) is 10.5 Å². The van der Waals surface area contributed by atoms with Crippen LogP contribution >= 0.6 is 11.8 Å². The van der Waals surface area contributed by atoms with Gasteiger partial charge < -0.3 is 9.52 Å². The van der Waals surface area contributed by atoms with E-state index in [0.717, 1.165) is 23.9 Å². The van der Waals surface area contributed by atoms with Crippen LogP contribution < -0.4 is 0 Å². The lowest BCUT2D eigenvalue weighted by atomic mass is 10.1. The number of halogens is 3. The van der Waals surface area contributed by atoms with E-state index in [4.69, 9.17) is 9.52 Å². The molecule has 0 amide bonds. The Balaban J connectivity index is 2.43. The Morgan fingerprint density at radius 1 is 1.25 bits per heavy atom. The van der Waals surface area contributed by atoms with Crippen molar-refractivity contribution in [3.05, 3.63) is 47.4 Å². The molecule has 1 heterocycles. The fraction of sp³-hybridized carbons (Fsp3) is 0.154. The number of aryl methyl sites for hydroxylation is 1. The summed E-state index contributed by atoms with van der Waals surface area (Å²) in [4.78, 5) is 12.0. The Bertz CT molecular complexity index is 647. The van der Waals surface area contributed by atoms with Crippen molar-refractivity contribution in [1.82, 2.24) is 0 Å². The summed E-state index contributed by atoms with van der Waals surface area (Å²) in [6.45, 7) is 1.69. The first kappa shape index (κ1) is 14.5. The fourth-order valence-corrected chi connectivity index (χ4v) is 2.50. The van der Waals surface area contributed by atoms with Crippen molar-refractivity contribution < 1.29 is 27.5 Å². The van der Waals surface area contributed by atoms with Gasteiger partial charge in [0.15, 0.2) is 0 Å². The van der Waals surface area contributed by atoms with E-state index in [0.29, 0.717) is 16.7 Å². The lowest BCUT2D eigenvalue weighted by molar-refractivity contribution is -0.137. The van der Waals surface area contributed by atoms with Gasteiger partial charge in [-0.3, -0.25) is 0 Å². The molecule has 1 N–H and O–H groups in total. The zero-order chi connectivity index (χ0) is 14.9. The third kappa shape index (κ3) is 2.98. The van der Waals surface area contributed by atoms with Gasteiger partial charge in [-0.2, -0.15) is 13.2 Å². The van der Waals surface area contributed by atoms with Crippen LogP contribution in [0.1, 0.15) is 21.7 Å². The maximum absolute atomic E-state index is 12.6. The van der Waals surface area contributed by atoms with Crippen LogP contribution in [0.5, 0.6) is 0 Å². The number of aromatic carboxylic acids is 1. The second-order valence-electron chi connectivity index (χ2n) is 3.96. The normalized spacial score (nSPS) is 11.6. The van der Waals surface area contributed by atoms with Gasteiger partial charge in [-0.1, -0.05) is 11.8 Å². The molecule has 3 nitrogen and oxygen atoms in total. The van der Waals surface area contributed by atoms with Crippen molar-refractivity contribution in [2.75, 3.05) is 0 Å². The summed E-state index contributed by atoms with van der Waals surface area (Å²) in [5.41, 5.74) is -1.37. The summed E-state index contributed by atoms with van der Waals surface area (Å²) in [7, 11) is 0. The highest BCUT2D eigenvalue weighted by atomic mass is 32.2. The largest absolute Gasteiger partial charge is 0.478 e. The molecule has 1 aromatic carbocycles. The van der Waals surface area contributed by atoms with E-state index in [1.54, 1.807) is 13.0 Å². The van der Waals surface area contributed by atoms with Gasteiger partial charge in [-0.25, -0.2) is 4.79 Å². The van der Waals surface area contributed by atoms with Crippen molar-refractivity contribution in [3.63, 3.8) is 0 Å². The molecule has 2 rings (SSSR count). The number of carboxylic acid groups (broad SMARTS) is 1. The van der Waals surface area contributed by atoms with Gasteiger partial charge in [0.1, 0.15) is 5.76 Å². The van der Waals surface area contributed by atoms with E-state index < -0.39 is 17.7 Å². The van der Waals surface area contributed by atoms with Gasteiger partial charge in [0, 0.05) is 4.90 Å². The highest BCUT2D eigenvalue weighted by Crippen LogP contribution is 2.37. The maximum atomic E-state index is 12.6. The fourth-order valence-electron chi connectivity index (χ4n) is 1.56. The van der Waals surface area contributed by atoms with Gasteiger partial charge in [0.25, 0.3) is 0 Å². The predicted octanol–water partition coefficient (Wildman–Crippen LogP) is 4.46. The maximum Gasteiger partial charge on any atom is 0.416 e. The Morgan fingerprint density at radius 3 is 2.45 bits per heavy atom. The van der Waals surface area contributed by atoms with Gasteiger partial charge in [0.2, 0.25) is 0 Å². The van der Waals surface area contributed by atoms with Crippen LogP contribution in [0.3, 0.4) is 0 Å². The summed E-state index contributed by atoms with van der Waals surface area (Å²) in [5, 5.41) is 9.05. The zero-order valence-corrected chi connectivity index (χ0v) is 11.0. The molecule has 0 bridgehead atoms. The lowest BCUT2D eigenvalue weighted by Crippen LogP contribution is -2.08. The Hall–Kier alpha value is -1.89. The van der Waals surface area contributed by atoms with Gasteiger partial charge >= 0.3 is 12.1 Å². The molecule has 0 aliphatic heterocycles. The molecule has 0 fully saturated rings. The molecule has 0 saturated heterocycles. The molecule has 106 valence electrons. The summed E-state index contributed by atoms with van der Waals surface area (Å²) in [6.07, 6.45) is -3.14. The molecule has 0 spiro atoms. The smallest absolute Gasteiger partial charge is 0.416 e. The second kappa shape index (κ2) is 5.24. The van der Waals surface area contributed by atoms with Crippen LogP contribution in [-0.2, 0) is 6.18 Å². The van der Waals surface area contributed by atoms with Crippen molar-refractivity contribution in [2.24, 2.45) is 0 Å². The number of hydrogen-bond acceptors (Lipinski definition) is 3. The van der Waals surface area contributed by atoms with E-state index in [9.17, 15) is 18.0 Å². The number of furan rings is 1. The Morgan fingerprint density at radius 2 is 1.95 bits per heavy atom. The van der Waals surface area contributed by atoms with Crippen LogP contribution in [0.4, 0.5) is 13.2 Å². The lowest BCUT2D eigenvalue weighted by Gasteiger charge is -2.10. The molecule has 0 saturated carbocycles. The zero-order valence-electron chi connectivity index (χ0n) is 10.2. The van der Waals surface area contributed by atoms with Gasteiger partial charge in [0.05, 0.1) is 22.3 Å². The molecule has 0 unspecified atom stereocenters. The second-order valence-corrected chi connectivity index (χ2v) is 5.04. The number of rotatable bonds is 3. The molecule has 20 heavy (non-hydrogen) atoms. The summed E-state index contributed by atoms with van der Waals surface area (Å²) < 4.78 is 42.8. The highest BCUT2D eigenvalue weighted by molar-refractivity contribution is 7.99. The molecule has 1 aromatic heterocycles. The minimum Gasteiger partial charge on any atom is -0.478 e. The molecule has 0 aliphatic rings. The van der Waals surface area contributed by atoms with Crippen LogP contribution in [0.25, 0.3) is 0 Å². The summed E-state index contributed by atoms with van der Waals surface area (Å²) in [6, 6.07) is 4.29. The molecule has 0 radical (unpaired) electrons. The summed E-state index contributed by atoms with van der Waals surface area (Å²) in [5.74, 6) is -0.828. The minimum atomic E-state index is -4.57. The van der Waals surface area contributed by atoms with Crippen molar-refractivity contribution >= 4 is 17.7 Å². The molecular weight excluding hydrogens is 293 g/mol. The molecule has 0 aliphatic carbocycles. The number of carbonyl (C=O) groups is 1. The van der Waals surface area contributed by atoms with Crippen molar-refractivity contribution in [3.8, 4) is 0 Å². The summed E-state index contributed by atoms with van der Waals surface area (Å²) >= 11 is 1.05. The number of hydrogen-bond donors (Lipinski definition) is 1. The third-order valence-corrected chi connectivity index (χ3v) is 3.79. The van der Waals surface area contributed by atoms with Crippen LogP contribution in [0, 0.1) is 6.92 Å². The monoisotopic (exact) mass is 302 g/mol. The average Bonchev–Trinajstić information content (AvgIpc) is 2.74. The number of alkyl halides is 3. The molecule has 2 aromatic rings. The van der Waals surface area contributed by atoms with E-state index in [1.807, 2.05) is 0 Å². The SMILES string of the molecule is Cc1occc1Sc1ccc(C(F)(F)F)cc1C(=O)O. The van der Waals surface area contributed by atoms with E-state index in [1.165, 1.54) is 6.26 Å². The van der Waals surface area contributed by atoms with Crippen LogP contribution in [0.15, 0.2) is 44.7 Å². The topological polar surface area (TPSA) is 50.4 Å². The standard InChI is InChI=1S/C13H9F3O3S/c1-7-10(4-5-19-7)20-11-3-2-8(13(14,15)16)6-9(11)12(17)18/h2-6H,1H3,(H,17,18). The van der Waals surface area contributed by atoms with Crippen molar-refractivity contribution in [1.29, 1.82) is 0 Å². The average molecular weight is 302 g/mol. The molecule has 0 atom stereocenters. The Kier molecular flexibility index (Phi) is 3.80. The van der Waals surface area contributed by atoms with Crippen LogP contribution in [-0.4, -0.2) is 11.1 Å². The number of carboxylic acids is 1. The highest BCUT2D eigenvalue weighted by Gasteiger charge is 2.32. The van der Waals surface area contributed by atoms with Gasteiger partial charge in [-0.05, 0) is 31.2 Å². The van der Waals surface area contributed by atoms with E-state index >= 15 is 0 Å². The third-order valence-electron chi connectivity index (χ3n) is 2.57. The minimum absolute atomic E-state index is 0.231. The van der Waals surface area contributed by atoms with Crippen molar-refractivity contribution in [2.45, 2.75) is 22.9 Å². The van der Waals surface area contributed by atoms with Crippen LogP contribution in [0.2, 0.25) is 0 Å². The number of benzene rings is 1. The predicted molar refractivity (Wildman–Crippen MR) is 66.0 cm³/mol. The Labute approximate surface area is 116 Å². The molecular formula is C13H9F3O3S. The molecule has 7 heteroatoms. The quantitative estimate of drug-likeness (QED) is 0.909. The first-order chi connectivity index (χ1) is 9.29. The first-order valence-corrected chi connectivity index (χ1v) is 6.27. The first-order valence-electron chi connectivity index (χ1n) is 5.45. The van der Waals surface area contributed by atoms with Gasteiger partial charge in [-0.15, -0.1) is 0 Å². The van der Waals surface area contributed by atoms with E-state index in [2.05, 4.69) is 0 Å².